The number of ether oxygens (including phenoxy) is 1. The van der Waals surface area contributed by atoms with E-state index >= 15 is 0 Å². The summed E-state index contributed by atoms with van der Waals surface area (Å²) in [7, 11) is -3.52. The first-order valence-corrected chi connectivity index (χ1v) is 11.6. The second-order valence-electron chi connectivity index (χ2n) is 8.14. The summed E-state index contributed by atoms with van der Waals surface area (Å²) in [5, 5.41) is 2.76. The summed E-state index contributed by atoms with van der Waals surface area (Å²) in [6.07, 6.45) is -0.704. The van der Waals surface area contributed by atoms with Gasteiger partial charge in [0, 0.05) is 18.8 Å². The summed E-state index contributed by atoms with van der Waals surface area (Å²) in [5.41, 5.74) is 1.75. The molecule has 0 saturated carbocycles. The van der Waals surface area contributed by atoms with Crippen molar-refractivity contribution in [1.82, 2.24) is 4.31 Å². The second-order valence-corrected chi connectivity index (χ2v) is 10.1. The lowest BCUT2D eigenvalue weighted by Crippen LogP contribution is -2.31. The number of hydrogen-bond donors (Lipinski definition) is 1. The molecule has 0 bridgehead atoms. The van der Waals surface area contributed by atoms with Gasteiger partial charge in [-0.2, -0.15) is 4.31 Å². The number of hydrogen-bond acceptors (Lipinski definition) is 4. The molecule has 0 heterocycles. The number of rotatable bonds is 8. The molecule has 7 heteroatoms. The van der Waals surface area contributed by atoms with E-state index in [1.165, 1.54) is 22.0 Å². The molecular formula is C23H32N2O4S. The molecular weight excluding hydrogens is 400 g/mol. The van der Waals surface area contributed by atoms with Crippen molar-refractivity contribution < 1.29 is 17.9 Å². The van der Waals surface area contributed by atoms with Crippen LogP contribution in [0.1, 0.15) is 47.1 Å². The molecule has 2 rings (SSSR count). The lowest BCUT2D eigenvalue weighted by Gasteiger charge is -2.20. The number of amides is 1. The van der Waals surface area contributed by atoms with Crippen LogP contribution in [0.5, 0.6) is 5.75 Å². The van der Waals surface area contributed by atoms with Crippen molar-refractivity contribution in [1.29, 1.82) is 0 Å². The minimum absolute atomic E-state index is 0.0481. The van der Waals surface area contributed by atoms with Crippen LogP contribution in [0.4, 0.5) is 5.69 Å². The standard InChI is InChI=1S/C23H32N2O4S/c1-7-25(8-2)30(27,28)21-15-11-19(12-16-21)24-22(26)17(3)29-20-13-9-18(10-14-20)23(4,5)6/h9-17H,7-8H2,1-6H3,(H,24,26)/t17-/m0/s1. The van der Waals surface area contributed by atoms with Crippen molar-refractivity contribution in [3.05, 3.63) is 54.1 Å². The van der Waals surface area contributed by atoms with Crippen LogP contribution in [0.15, 0.2) is 53.4 Å². The van der Waals surface area contributed by atoms with Crippen LogP contribution in [0, 0.1) is 0 Å². The summed E-state index contributed by atoms with van der Waals surface area (Å²) in [5.74, 6) is 0.306. The van der Waals surface area contributed by atoms with Crippen LogP contribution in [0.25, 0.3) is 0 Å². The number of nitrogens with zero attached hydrogens (tertiary/aromatic N) is 1. The van der Waals surface area contributed by atoms with Gasteiger partial charge in [0.05, 0.1) is 4.90 Å². The Balaban J connectivity index is 2.02. The molecule has 30 heavy (non-hydrogen) atoms. The quantitative estimate of drug-likeness (QED) is 0.670. The van der Waals surface area contributed by atoms with Gasteiger partial charge >= 0.3 is 0 Å². The molecule has 2 aromatic carbocycles. The maximum Gasteiger partial charge on any atom is 0.265 e. The molecule has 0 aromatic heterocycles. The number of carbonyl (C=O) groups is 1. The number of benzene rings is 2. The van der Waals surface area contributed by atoms with Gasteiger partial charge in [-0.3, -0.25) is 4.79 Å². The first-order valence-electron chi connectivity index (χ1n) is 10.2. The fraction of sp³-hybridized carbons (Fsp3) is 0.435. The Kier molecular flexibility index (Phi) is 7.66. The highest BCUT2D eigenvalue weighted by molar-refractivity contribution is 7.89. The molecule has 6 nitrogen and oxygen atoms in total. The van der Waals surface area contributed by atoms with E-state index < -0.39 is 16.1 Å². The van der Waals surface area contributed by atoms with Gasteiger partial charge in [-0.25, -0.2) is 8.42 Å². The van der Waals surface area contributed by atoms with E-state index in [1.807, 2.05) is 24.3 Å². The van der Waals surface area contributed by atoms with E-state index in [1.54, 1.807) is 32.9 Å². The number of carbonyl (C=O) groups excluding carboxylic acids is 1. The molecule has 0 aliphatic heterocycles. The molecule has 164 valence electrons. The Hall–Kier alpha value is -2.38. The zero-order valence-electron chi connectivity index (χ0n) is 18.6. The lowest BCUT2D eigenvalue weighted by molar-refractivity contribution is -0.122. The van der Waals surface area contributed by atoms with Gasteiger partial charge in [0.2, 0.25) is 10.0 Å². The molecule has 0 saturated heterocycles. The van der Waals surface area contributed by atoms with Gasteiger partial charge < -0.3 is 10.1 Å². The number of nitrogens with one attached hydrogen (secondary N) is 1. The fourth-order valence-electron chi connectivity index (χ4n) is 2.96. The number of anilines is 1. The maximum absolute atomic E-state index is 12.5. The Morgan fingerprint density at radius 2 is 1.53 bits per heavy atom. The number of sulfonamides is 1. The highest BCUT2D eigenvalue weighted by Crippen LogP contribution is 2.25. The largest absolute Gasteiger partial charge is 0.481 e. The normalized spacial score (nSPS) is 13.2. The molecule has 0 radical (unpaired) electrons. The van der Waals surface area contributed by atoms with E-state index in [-0.39, 0.29) is 16.2 Å². The Labute approximate surface area is 180 Å². The Morgan fingerprint density at radius 1 is 1.00 bits per heavy atom. The van der Waals surface area contributed by atoms with Crippen molar-refractivity contribution >= 4 is 21.6 Å². The average molecular weight is 433 g/mol. The second kappa shape index (κ2) is 9.62. The summed E-state index contributed by atoms with van der Waals surface area (Å²) in [6, 6.07) is 13.9. The van der Waals surface area contributed by atoms with Gasteiger partial charge in [0.25, 0.3) is 5.91 Å². The van der Waals surface area contributed by atoms with Crippen LogP contribution < -0.4 is 10.1 Å². The van der Waals surface area contributed by atoms with Crippen LogP contribution >= 0.6 is 0 Å². The van der Waals surface area contributed by atoms with Gasteiger partial charge in [0.15, 0.2) is 6.10 Å². The Bertz CT molecular complexity index is 942. The van der Waals surface area contributed by atoms with Crippen LogP contribution in [0.2, 0.25) is 0 Å². The SMILES string of the molecule is CCN(CC)S(=O)(=O)c1ccc(NC(=O)[C@H](C)Oc2ccc(C(C)(C)C)cc2)cc1. The molecule has 1 atom stereocenters. The molecule has 0 aliphatic rings. The third-order valence-corrected chi connectivity index (χ3v) is 6.93. The molecule has 1 N–H and O–H groups in total. The maximum atomic E-state index is 12.5. The zero-order valence-corrected chi connectivity index (χ0v) is 19.4. The van der Waals surface area contributed by atoms with Gasteiger partial charge in [-0.05, 0) is 54.3 Å². The van der Waals surface area contributed by atoms with E-state index in [2.05, 4.69) is 26.1 Å². The van der Waals surface area contributed by atoms with Gasteiger partial charge in [-0.1, -0.05) is 46.8 Å². The molecule has 0 aliphatic carbocycles. The highest BCUT2D eigenvalue weighted by Gasteiger charge is 2.22. The lowest BCUT2D eigenvalue weighted by atomic mass is 9.87. The van der Waals surface area contributed by atoms with Crippen molar-refractivity contribution in [3.8, 4) is 5.75 Å². The predicted molar refractivity (Wildman–Crippen MR) is 120 cm³/mol. The Morgan fingerprint density at radius 3 is 2.00 bits per heavy atom. The first kappa shape index (κ1) is 23.9. The van der Waals surface area contributed by atoms with E-state index in [4.69, 9.17) is 4.74 Å². The van der Waals surface area contributed by atoms with E-state index in [0.29, 0.717) is 24.5 Å². The molecule has 2 aromatic rings. The van der Waals surface area contributed by atoms with E-state index in [0.717, 1.165) is 0 Å². The molecule has 0 spiro atoms. The summed E-state index contributed by atoms with van der Waals surface area (Å²) >= 11 is 0. The van der Waals surface area contributed by atoms with Crippen molar-refractivity contribution in [2.24, 2.45) is 0 Å². The molecule has 1 amide bonds. The summed E-state index contributed by atoms with van der Waals surface area (Å²) in [6.45, 7) is 12.5. The topological polar surface area (TPSA) is 75.7 Å². The summed E-state index contributed by atoms with van der Waals surface area (Å²) < 4.78 is 32.2. The smallest absolute Gasteiger partial charge is 0.265 e. The van der Waals surface area contributed by atoms with E-state index in [9.17, 15) is 13.2 Å². The molecule has 0 fully saturated rings. The minimum Gasteiger partial charge on any atom is -0.481 e. The van der Waals surface area contributed by atoms with Crippen LogP contribution in [-0.4, -0.2) is 37.8 Å². The third kappa shape index (κ3) is 5.83. The van der Waals surface area contributed by atoms with Crippen molar-refractivity contribution in [2.75, 3.05) is 18.4 Å². The minimum atomic E-state index is -3.52. The third-order valence-electron chi connectivity index (χ3n) is 4.87. The summed E-state index contributed by atoms with van der Waals surface area (Å²) in [4.78, 5) is 12.7. The van der Waals surface area contributed by atoms with Crippen molar-refractivity contribution in [2.45, 2.75) is 58.0 Å². The van der Waals surface area contributed by atoms with Gasteiger partial charge in [0.1, 0.15) is 5.75 Å². The zero-order chi connectivity index (χ0) is 22.5. The predicted octanol–water partition coefficient (Wildman–Crippen LogP) is 4.42. The highest BCUT2D eigenvalue weighted by atomic mass is 32.2. The molecule has 0 unspecified atom stereocenters. The monoisotopic (exact) mass is 432 g/mol. The average Bonchev–Trinajstić information content (AvgIpc) is 2.68. The first-order chi connectivity index (χ1) is 14.0. The van der Waals surface area contributed by atoms with Gasteiger partial charge in [-0.15, -0.1) is 0 Å². The van der Waals surface area contributed by atoms with Crippen LogP contribution in [-0.2, 0) is 20.2 Å². The fourth-order valence-corrected chi connectivity index (χ4v) is 4.42. The van der Waals surface area contributed by atoms with Crippen molar-refractivity contribution in [3.63, 3.8) is 0 Å². The van der Waals surface area contributed by atoms with Crippen LogP contribution in [0.3, 0.4) is 0 Å².